The van der Waals surface area contributed by atoms with Crippen molar-refractivity contribution in [2.75, 3.05) is 0 Å². The Balaban J connectivity index is 2.51. The fourth-order valence-corrected chi connectivity index (χ4v) is 0.716. The fourth-order valence-electron chi connectivity index (χ4n) is 0.546. The lowest BCUT2D eigenvalue weighted by atomic mass is 10.2. The summed E-state index contributed by atoms with van der Waals surface area (Å²) in [6, 6.07) is 0.259. The Kier molecular flexibility index (Phi) is 1.80. The highest BCUT2D eigenvalue weighted by atomic mass is 32.1. The van der Waals surface area contributed by atoms with Crippen LogP contribution in [0.15, 0.2) is 24.4 Å². The summed E-state index contributed by atoms with van der Waals surface area (Å²) in [7, 11) is 0. The van der Waals surface area contributed by atoms with Crippen LogP contribution in [-0.2, 0) is 0 Å². The van der Waals surface area contributed by atoms with E-state index in [0.29, 0.717) is 0 Å². The molecule has 0 fully saturated rings. The van der Waals surface area contributed by atoms with E-state index < -0.39 is 0 Å². The van der Waals surface area contributed by atoms with Crippen LogP contribution in [0.3, 0.4) is 0 Å². The van der Waals surface area contributed by atoms with Gasteiger partial charge in [-0.05, 0) is 12.3 Å². The van der Waals surface area contributed by atoms with Crippen molar-refractivity contribution in [3.63, 3.8) is 0 Å². The van der Waals surface area contributed by atoms with Gasteiger partial charge in [-0.25, -0.2) is 0 Å². The quantitative estimate of drug-likeness (QED) is 0.525. The van der Waals surface area contributed by atoms with Crippen molar-refractivity contribution in [2.24, 2.45) is 0 Å². The van der Waals surface area contributed by atoms with Gasteiger partial charge in [-0.2, -0.15) is 0 Å². The minimum absolute atomic E-state index is 0.259. The molecule has 0 saturated carbocycles. The normalized spacial score (nSPS) is 24.8. The van der Waals surface area contributed by atoms with Crippen molar-refractivity contribution >= 4 is 17.6 Å². The van der Waals surface area contributed by atoms with Gasteiger partial charge in [0, 0.05) is 5.37 Å². The number of dihydropyridines is 1. The van der Waals surface area contributed by atoms with Crippen LogP contribution < -0.4 is 5.32 Å². The first kappa shape index (κ1) is 5.51. The second-order valence-corrected chi connectivity index (χ2v) is 1.84. The molecule has 0 saturated heterocycles. The summed E-state index contributed by atoms with van der Waals surface area (Å²) in [5.74, 6) is 0. The number of allylic oxidation sites excluding steroid dienone is 2. The van der Waals surface area contributed by atoms with Gasteiger partial charge in [-0.1, -0.05) is 24.4 Å². The molecule has 42 valence electrons. The fraction of sp³-hybridized carbons (Fsp3) is 0.167. The largest absolute Gasteiger partial charge is 0.380 e. The minimum atomic E-state index is 0.259. The van der Waals surface area contributed by atoms with E-state index >= 15 is 0 Å². The average molecular weight is 125 g/mol. The van der Waals surface area contributed by atoms with Crippen LogP contribution in [0.2, 0.25) is 0 Å². The second-order valence-electron chi connectivity index (χ2n) is 1.57. The maximum atomic E-state index is 4.70. The lowest BCUT2D eigenvalue weighted by Crippen LogP contribution is -2.23. The summed E-state index contributed by atoms with van der Waals surface area (Å²) in [5.41, 5.74) is 0. The topological polar surface area (TPSA) is 12.0 Å². The highest BCUT2D eigenvalue weighted by molar-refractivity contribution is 7.79. The molecule has 1 nitrogen and oxygen atoms in total. The summed E-state index contributed by atoms with van der Waals surface area (Å²) in [5, 5.41) is 4.74. The third kappa shape index (κ3) is 1.17. The average Bonchev–Trinajstić information content (AvgIpc) is 1.90. The molecule has 0 bridgehead atoms. The smallest absolute Gasteiger partial charge is 0.0728 e. The summed E-state index contributed by atoms with van der Waals surface area (Å²) in [6.45, 7) is 0. The second kappa shape index (κ2) is 2.62. The number of hydrogen-bond donors (Lipinski definition) is 1. The van der Waals surface area contributed by atoms with Crippen LogP contribution in [-0.4, -0.2) is 11.4 Å². The van der Waals surface area contributed by atoms with Crippen molar-refractivity contribution in [1.29, 1.82) is 0 Å². The zero-order chi connectivity index (χ0) is 5.82. The summed E-state index contributed by atoms with van der Waals surface area (Å²) < 4.78 is 0. The highest BCUT2D eigenvalue weighted by Gasteiger charge is 1.94. The molecule has 0 aromatic carbocycles. The van der Waals surface area contributed by atoms with Gasteiger partial charge in [0.2, 0.25) is 0 Å². The van der Waals surface area contributed by atoms with Gasteiger partial charge in [0.25, 0.3) is 0 Å². The van der Waals surface area contributed by atoms with Crippen LogP contribution >= 0.6 is 12.2 Å². The number of thiocarbonyl (C=S) groups is 1. The summed E-state index contributed by atoms with van der Waals surface area (Å²) in [4.78, 5) is 0. The first-order valence-corrected chi connectivity index (χ1v) is 2.95. The van der Waals surface area contributed by atoms with Crippen molar-refractivity contribution in [3.05, 3.63) is 24.4 Å². The standard InChI is InChI=1S/C6H7NS/c8-5-6-3-1-2-4-7-6/h1-7H. The Morgan fingerprint density at radius 2 is 2.38 bits per heavy atom. The molecule has 1 N–H and O–H groups in total. The van der Waals surface area contributed by atoms with Crippen molar-refractivity contribution in [1.82, 2.24) is 5.32 Å². The van der Waals surface area contributed by atoms with E-state index in [-0.39, 0.29) is 6.04 Å². The van der Waals surface area contributed by atoms with Crippen LogP contribution in [0.25, 0.3) is 0 Å². The molecule has 0 radical (unpaired) electrons. The molecule has 0 aromatic rings. The molecule has 1 aliphatic rings. The molecule has 1 rings (SSSR count). The first-order valence-electron chi connectivity index (χ1n) is 2.48. The zero-order valence-electron chi connectivity index (χ0n) is 4.37. The first-order chi connectivity index (χ1) is 3.93. The molecule has 0 aliphatic carbocycles. The number of nitrogens with one attached hydrogen (secondary N) is 1. The van der Waals surface area contributed by atoms with E-state index in [2.05, 4.69) is 5.32 Å². The minimum Gasteiger partial charge on any atom is -0.380 e. The van der Waals surface area contributed by atoms with Crippen LogP contribution in [0.5, 0.6) is 0 Å². The maximum Gasteiger partial charge on any atom is 0.0728 e. The maximum absolute atomic E-state index is 4.70. The molecule has 1 unspecified atom stereocenters. The van der Waals surface area contributed by atoms with Crippen molar-refractivity contribution in [3.8, 4) is 0 Å². The monoisotopic (exact) mass is 125 g/mol. The molecule has 8 heavy (non-hydrogen) atoms. The molecule has 0 aromatic heterocycles. The van der Waals surface area contributed by atoms with Crippen LogP contribution in [0, 0.1) is 0 Å². The number of hydrogen-bond acceptors (Lipinski definition) is 2. The summed E-state index contributed by atoms with van der Waals surface area (Å²) >= 11 is 4.70. The molecule has 1 heterocycles. The van der Waals surface area contributed by atoms with Gasteiger partial charge in [0.15, 0.2) is 0 Å². The predicted molar refractivity (Wildman–Crippen MR) is 38.9 cm³/mol. The lowest BCUT2D eigenvalue weighted by Gasteiger charge is -2.07. The SMILES string of the molecule is S=CC1C=CC=CN1. The molecule has 1 aliphatic heterocycles. The molecule has 0 spiro atoms. The van der Waals surface area contributed by atoms with Crippen molar-refractivity contribution < 1.29 is 0 Å². The Hall–Kier alpha value is -0.630. The van der Waals surface area contributed by atoms with E-state index in [9.17, 15) is 0 Å². The van der Waals surface area contributed by atoms with Gasteiger partial charge < -0.3 is 5.32 Å². The third-order valence-corrected chi connectivity index (χ3v) is 1.25. The van der Waals surface area contributed by atoms with E-state index in [1.54, 1.807) is 5.37 Å². The van der Waals surface area contributed by atoms with Gasteiger partial charge in [0.1, 0.15) is 0 Å². The van der Waals surface area contributed by atoms with Gasteiger partial charge >= 0.3 is 0 Å². The Morgan fingerprint density at radius 3 is 2.75 bits per heavy atom. The highest BCUT2D eigenvalue weighted by Crippen LogP contribution is 1.90. The van der Waals surface area contributed by atoms with E-state index in [1.807, 2.05) is 24.4 Å². The van der Waals surface area contributed by atoms with Gasteiger partial charge in [0.05, 0.1) is 6.04 Å². The van der Waals surface area contributed by atoms with E-state index in [0.717, 1.165) is 0 Å². The predicted octanol–water partition coefficient (Wildman–Crippen LogP) is 1.03. The lowest BCUT2D eigenvalue weighted by molar-refractivity contribution is 0.886. The molecular formula is C6H7NS. The Morgan fingerprint density at radius 1 is 1.50 bits per heavy atom. The molecule has 1 atom stereocenters. The van der Waals surface area contributed by atoms with Crippen molar-refractivity contribution in [2.45, 2.75) is 6.04 Å². The molecule has 0 amide bonds. The Labute approximate surface area is 54.1 Å². The van der Waals surface area contributed by atoms with Crippen LogP contribution in [0.4, 0.5) is 0 Å². The zero-order valence-corrected chi connectivity index (χ0v) is 5.19. The van der Waals surface area contributed by atoms with Gasteiger partial charge in [-0.15, -0.1) is 0 Å². The van der Waals surface area contributed by atoms with E-state index in [4.69, 9.17) is 12.2 Å². The van der Waals surface area contributed by atoms with E-state index in [1.165, 1.54) is 0 Å². The third-order valence-electron chi connectivity index (χ3n) is 0.961. The molecular weight excluding hydrogens is 118 g/mol. The van der Waals surface area contributed by atoms with Crippen LogP contribution in [0.1, 0.15) is 0 Å². The Bertz CT molecular complexity index is 137. The molecule has 2 heteroatoms. The summed E-state index contributed by atoms with van der Waals surface area (Å²) in [6.07, 6.45) is 7.81. The van der Waals surface area contributed by atoms with Gasteiger partial charge in [-0.3, -0.25) is 0 Å². The number of rotatable bonds is 1.